The number of hydrogen-bond acceptors (Lipinski definition) is 10. The monoisotopic (exact) mass is 468 g/mol. The summed E-state index contributed by atoms with van der Waals surface area (Å²) in [4.78, 5) is 35.0. The average molecular weight is 469 g/mol. The molecule has 1 aliphatic rings. The lowest BCUT2D eigenvalue weighted by molar-refractivity contribution is -0.122. The number of nitrogens with one attached hydrogen (secondary N) is 1. The Bertz CT molecular complexity index is 550. The lowest BCUT2D eigenvalue weighted by atomic mass is 9.97. The highest BCUT2D eigenvalue weighted by Gasteiger charge is 2.28. The van der Waals surface area contributed by atoms with Gasteiger partial charge in [-0.1, -0.05) is 11.8 Å². The van der Waals surface area contributed by atoms with Gasteiger partial charge < -0.3 is 28.9 Å². The Morgan fingerprint density at radius 1 is 1.33 bits per heavy atom. The zero-order valence-corrected chi connectivity index (χ0v) is 19.6. The molecule has 0 radical (unpaired) electrons. The molecule has 1 fully saturated rings. The fourth-order valence-corrected chi connectivity index (χ4v) is 3.62. The number of hydrogen-bond donors (Lipinski definition) is 3. The molecule has 0 bridgehead atoms. The fourth-order valence-electron chi connectivity index (χ4n) is 2.14. The minimum atomic E-state index is -0.736. The predicted molar refractivity (Wildman–Crippen MR) is 116 cm³/mol. The number of carbonyl (C=O) groups is 3. The van der Waals surface area contributed by atoms with Crippen molar-refractivity contribution in [1.29, 1.82) is 0 Å². The first-order chi connectivity index (χ1) is 14.3. The molecule has 1 saturated heterocycles. The number of thioether (sulfide) groups is 1. The van der Waals surface area contributed by atoms with Gasteiger partial charge in [0.05, 0.1) is 31.3 Å². The van der Waals surface area contributed by atoms with E-state index in [-0.39, 0.29) is 33.1 Å². The highest BCUT2D eigenvalue weighted by Crippen LogP contribution is 2.26. The third-order valence-corrected chi connectivity index (χ3v) is 5.75. The zero-order valence-electron chi connectivity index (χ0n) is 17.8. The Balaban J connectivity index is 0.00000407. The van der Waals surface area contributed by atoms with Crippen LogP contribution in [0.2, 0.25) is 0 Å². The van der Waals surface area contributed by atoms with Gasteiger partial charge in [0.1, 0.15) is 6.23 Å². The SMILES string of the molecule is CN(/C=C\C(=O)NC=O)C1CCC(COPOCCSC(=O)C(C)(C)CO)O1.CO. The van der Waals surface area contributed by atoms with Gasteiger partial charge in [0, 0.05) is 32.2 Å². The third kappa shape index (κ3) is 11.9. The van der Waals surface area contributed by atoms with Crippen LogP contribution in [0.15, 0.2) is 12.3 Å². The second-order valence-corrected chi connectivity index (χ2v) is 8.63. The molecule has 2 amide bonds. The van der Waals surface area contributed by atoms with Crippen LogP contribution in [0.3, 0.4) is 0 Å². The smallest absolute Gasteiger partial charge is 0.251 e. The van der Waals surface area contributed by atoms with Gasteiger partial charge in [0.2, 0.25) is 6.41 Å². The molecule has 1 aliphatic heterocycles. The summed E-state index contributed by atoms with van der Waals surface area (Å²) in [6.45, 7) is 4.03. The summed E-state index contributed by atoms with van der Waals surface area (Å²) in [5, 5.41) is 18.1. The molecule has 0 aliphatic carbocycles. The van der Waals surface area contributed by atoms with Crippen molar-refractivity contribution in [1.82, 2.24) is 10.2 Å². The van der Waals surface area contributed by atoms with E-state index in [1.165, 1.54) is 6.08 Å². The first-order valence-corrected chi connectivity index (χ1v) is 11.1. The summed E-state index contributed by atoms with van der Waals surface area (Å²) >= 11 is 1.14. The Labute approximate surface area is 183 Å². The predicted octanol–water partition coefficient (Wildman–Crippen LogP) is 0.638. The molecule has 1 heterocycles. The summed E-state index contributed by atoms with van der Waals surface area (Å²) in [6.07, 6.45) is 4.58. The summed E-state index contributed by atoms with van der Waals surface area (Å²) in [5.74, 6) is 0.0213. The number of rotatable bonds is 13. The maximum atomic E-state index is 11.8. The van der Waals surface area contributed by atoms with Gasteiger partial charge in [-0.15, -0.1) is 0 Å². The molecule has 174 valence electrons. The number of nitrogens with zero attached hydrogens (tertiary/aromatic N) is 1. The van der Waals surface area contributed by atoms with Gasteiger partial charge in [0.15, 0.2) is 14.1 Å². The van der Waals surface area contributed by atoms with Gasteiger partial charge in [-0.25, -0.2) is 0 Å². The van der Waals surface area contributed by atoms with Crippen LogP contribution in [0.1, 0.15) is 26.7 Å². The highest BCUT2D eigenvalue weighted by atomic mass is 32.2. The van der Waals surface area contributed by atoms with Crippen LogP contribution in [0.25, 0.3) is 0 Å². The van der Waals surface area contributed by atoms with E-state index in [1.807, 2.05) is 5.32 Å². The Kier molecular flexibility index (Phi) is 16.0. The van der Waals surface area contributed by atoms with E-state index in [1.54, 1.807) is 32.0 Å². The molecule has 0 aromatic heterocycles. The quantitative estimate of drug-likeness (QED) is 0.153. The van der Waals surface area contributed by atoms with E-state index in [0.29, 0.717) is 25.4 Å². The fraction of sp³-hybridized carbons (Fsp3) is 0.722. The van der Waals surface area contributed by atoms with Crippen molar-refractivity contribution in [2.45, 2.75) is 39.0 Å². The average Bonchev–Trinajstić information content (AvgIpc) is 3.21. The lowest BCUT2D eigenvalue weighted by Crippen LogP contribution is -2.29. The van der Waals surface area contributed by atoms with Crippen LogP contribution in [0.5, 0.6) is 0 Å². The minimum Gasteiger partial charge on any atom is -0.400 e. The molecule has 3 N–H and O–H groups in total. The summed E-state index contributed by atoms with van der Waals surface area (Å²) in [7, 11) is 2.66. The van der Waals surface area contributed by atoms with Crippen molar-refractivity contribution in [3.05, 3.63) is 12.3 Å². The van der Waals surface area contributed by atoms with Crippen LogP contribution in [-0.4, -0.2) is 84.6 Å². The van der Waals surface area contributed by atoms with Gasteiger partial charge in [-0.3, -0.25) is 19.7 Å². The van der Waals surface area contributed by atoms with E-state index in [9.17, 15) is 14.4 Å². The number of aliphatic hydroxyl groups is 2. The summed E-state index contributed by atoms with van der Waals surface area (Å²) < 4.78 is 16.7. The van der Waals surface area contributed by atoms with Crippen molar-refractivity contribution >= 4 is 38.2 Å². The van der Waals surface area contributed by atoms with Crippen LogP contribution in [0, 0.1) is 5.41 Å². The molecule has 3 unspecified atom stereocenters. The Morgan fingerprint density at radius 3 is 2.67 bits per heavy atom. The summed E-state index contributed by atoms with van der Waals surface area (Å²) in [5.41, 5.74) is -0.736. The largest absolute Gasteiger partial charge is 0.400 e. The number of imide groups is 1. The van der Waals surface area contributed by atoms with Gasteiger partial charge in [-0.05, 0) is 26.7 Å². The number of ether oxygens (including phenoxy) is 1. The lowest BCUT2D eigenvalue weighted by Gasteiger charge is -2.22. The molecule has 12 heteroatoms. The third-order valence-electron chi connectivity index (χ3n) is 3.96. The second kappa shape index (κ2) is 16.6. The summed E-state index contributed by atoms with van der Waals surface area (Å²) in [6, 6.07) is 0. The topological polar surface area (TPSA) is 135 Å². The first kappa shape index (κ1) is 28.9. The molecule has 30 heavy (non-hydrogen) atoms. The van der Waals surface area contributed by atoms with Crippen LogP contribution in [-0.2, 0) is 28.2 Å². The molecule has 0 spiro atoms. The van der Waals surface area contributed by atoms with E-state index in [2.05, 4.69) is 0 Å². The first-order valence-electron chi connectivity index (χ1n) is 9.31. The van der Waals surface area contributed by atoms with Crippen molar-refractivity contribution in [2.75, 3.05) is 39.7 Å². The molecule has 0 aromatic rings. The molecular weight excluding hydrogens is 435 g/mol. The van der Waals surface area contributed by atoms with Crippen LogP contribution < -0.4 is 5.32 Å². The standard InChI is InChI=1S/C17H29N2O7PS.CH4O/c1-17(2,11-20)16(23)28-9-8-24-27-25-10-13-4-5-15(26-13)19(3)7-6-14(22)18-12-21;1-2/h6-7,12-13,15,20,27H,4-5,8-11H2,1-3H3,(H,18,21,22);2H,1H3/b7-6-;. The van der Waals surface area contributed by atoms with E-state index >= 15 is 0 Å². The van der Waals surface area contributed by atoms with Crippen LogP contribution >= 0.6 is 20.8 Å². The molecule has 0 saturated carbocycles. The molecule has 0 aromatic carbocycles. The zero-order chi connectivity index (χ0) is 23.0. The number of carbonyl (C=O) groups excluding carboxylic acids is 3. The highest BCUT2D eigenvalue weighted by molar-refractivity contribution is 8.13. The van der Waals surface area contributed by atoms with Crippen LogP contribution in [0.4, 0.5) is 0 Å². The maximum absolute atomic E-state index is 11.8. The van der Waals surface area contributed by atoms with Crippen molar-refractivity contribution in [3.63, 3.8) is 0 Å². The number of amides is 2. The van der Waals surface area contributed by atoms with Crippen molar-refractivity contribution in [2.24, 2.45) is 5.41 Å². The van der Waals surface area contributed by atoms with E-state index in [0.717, 1.165) is 31.7 Å². The molecule has 1 rings (SSSR count). The molecule has 10 nitrogen and oxygen atoms in total. The Morgan fingerprint density at radius 2 is 2.03 bits per heavy atom. The van der Waals surface area contributed by atoms with Gasteiger partial charge in [-0.2, -0.15) is 0 Å². The molecule has 3 atom stereocenters. The second-order valence-electron chi connectivity index (χ2n) is 6.82. The van der Waals surface area contributed by atoms with Crippen molar-refractivity contribution in [3.8, 4) is 0 Å². The maximum Gasteiger partial charge on any atom is 0.251 e. The van der Waals surface area contributed by atoms with Gasteiger partial charge >= 0.3 is 0 Å². The van der Waals surface area contributed by atoms with E-state index in [4.69, 9.17) is 24.0 Å². The van der Waals surface area contributed by atoms with Gasteiger partial charge in [0.25, 0.3) is 5.91 Å². The minimum absolute atomic E-state index is 0.0537. The normalized spacial score (nSPS) is 19.0. The molecular formula is C18H33N2O8PS. The van der Waals surface area contributed by atoms with E-state index < -0.39 is 11.3 Å². The number of aliphatic hydroxyl groups excluding tert-OH is 2. The van der Waals surface area contributed by atoms with Crippen molar-refractivity contribution < 1.29 is 38.4 Å². The Hall–Kier alpha value is -1.07.